The zero-order valence-electron chi connectivity index (χ0n) is 41.6. The lowest BCUT2D eigenvalue weighted by Gasteiger charge is -2.24. The molecule has 0 spiro atoms. The summed E-state index contributed by atoms with van der Waals surface area (Å²) in [5.74, 6) is -0.272. The van der Waals surface area contributed by atoms with E-state index in [1.54, 1.807) is 19.0 Å². The fraction of sp³-hybridized carbons (Fsp3) is 0.688. The van der Waals surface area contributed by atoms with E-state index in [1.165, 1.54) is 30.5 Å². The van der Waals surface area contributed by atoms with Crippen LogP contribution in [0.4, 0.5) is 0 Å². The molecule has 6 N–H and O–H groups in total. The number of hydrogen-bond donors (Lipinski definition) is 7. The number of thiol groups is 1. The number of carbonyl (C=O) groups excluding carboxylic acids is 7. The molecule has 2 atom stereocenters. The van der Waals surface area contributed by atoms with E-state index in [1.807, 2.05) is 54.5 Å². The van der Waals surface area contributed by atoms with Crippen molar-refractivity contribution in [3.05, 3.63) is 47.2 Å². The molecule has 368 valence electrons. The summed E-state index contributed by atoms with van der Waals surface area (Å²) in [5.41, 5.74) is 4.07. The third kappa shape index (κ3) is 36.1. The largest absolute Gasteiger partial charge is 0.380 e. The molecule has 15 nitrogen and oxygen atoms in total. The quantitative estimate of drug-likeness (QED) is 0.0235. The molecule has 2 unspecified atom stereocenters. The molecule has 3 rings (SSSR count). The molecule has 1 aromatic rings. The molecule has 1 heterocycles. The van der Waals surface area contributed by atoms with E-state index in [9.17, 15) is 28.8 Å². The van der Waals surface area contributed by atoms with Gasteiger partial charge < -0.3 is 36.4 Å². The third-order valence-electron chi connectivity index (χ3n) is 9.42. The van der Waals surface area contributed by atoms with Crippen molar-refractivity contribution in [2.24, 2.45) is 5.92 Å². The summed E-state index contributed by atoms with van der Waals surface area (Å²) in [6.45, 7) is 21.7. The lowest BCUT2D eigenvalue weighted by Crippen LogP contribution is -2.52. The average Bonchev–Trinajstić information content (AvgIpc) is 4.11. The normalized spacial score (nSPS) is 13.4. The number of allylic oxidation sites excluding steroid dienone is 1. The number of Topliss-reactive ketones (excluding diaryl/α,β-unsaturated/α-hetero) is 1. The molecule has 16 heteroatoms. The van der Waals surface area contributed by atoms with Gasteiger partial charge in [-0.3, -0.25) is 38.9 Å². The molecule has 1 aromatic carbocycles. The van der Waals surface area contributed by atoms with Crippen molar-refractivity contribution in [1.82, 2.24) is 41.7 Å². The van der Waals surface area contributed by atoms with Crippen LogP contribution in [0.15, 0.2) is 36.0 Å². The molecule has 0 aromatic heterocycles. The van der Waals surface area contributed by atoms with Crippen molar-refractivity contribution in [3.63, 3.8) is 0 Å². The minimum Gasteiger partial charge on any atom is -0.380 e. The van der Waals surface area contributed by atoms with Gasteiger partial charge in [0.1, 0.15) is 6.17 Å². The first-order valence-electron chi connectivity index (χ1n) is 23.4. The van der Waals surface area contributed by atoms with E-state index in [4.69, 9.17) is 4.79 Å². The number of nitrogens with one attached hydrogen (secondary N) is 6. The minimum atomic E-state index is -0.709. The molecule has 0 saturated heterocycles. The number of benzene rings is 1. The zero-order chi connectivity index (χ0) is 49.3. The Kier molecular flexibility index (Phi) is 42.7. The van der Waals surface area contributed by atoms with Crippen LogP contribution in [0.3, 0.4) is 0 Å². The van der Waals surface area contributed by atoms with Crippen molar-refractivity contribution >= 4 is 54.1 Å². The second-order valence-electron chi connectivity index (χ2n) is 15.7. The Labute approximate surface area is 392 Å². The first kappa shape index (κ1) is 64.0. The Morgan fingerprint density at radius 1 is 0.844 bits per heavy atom. The molecule has 1 aliphatic heterocycles. The highest BCUT2D eigenvalue weighted by atomic mass is 32.1. The van der Waals surface area contributed by atoms with Crippen LogP contribution < -0.4 is 31.9 Å². The van der Waals surface area contributed by atoms with Crippen LogP contribution in [0.25, 0.3) is 0 Å². The lowest BCUT2D eigenvalue weighted by atomic mass is 10.0. The first-order valence-corrected chi connectivity index (χ1v) is 23.9. The van der Waals surface area contributed by atoms with Crippen molar-refractivity contribution in [3.8, 4) is 0 Å². The Balaban J connectivity index is -0.000000842. The number of nitrogens with zero attached hydrogens (tertiary/aromatic N) is 2. The molecule has 0 bridgehead atoms. The van der Waals surface area contributed by atoms with Crippen LogP contribution in [-0.2, 0) is 46.5 Å². The van der Waals surface area contributed by atoms with Gasteiger partial charge in [-0.2, -0.15) is 0 Å². The molecular formula is C48H88N8O7S. The van der Waals surface area contributed by atoms with Gasteiger partial charge >= 0.3 is 0 Å². The minimum absolute atomic E-state index is 0.00530. The van der Waals surface area contributed by atoms with Gasteiger partial charge in [-0.25, -0.2) is 0 Å². The van der Waals surface area contributed by atoms with Crippen molar-refractivity contribution in [2.45, 2.75) is 164 Å². The first-order chi connectivity index (χ1) is 30.6. The number of unbranched alkanes of at least 4 members (excludes halogenated alkanes) is 2. The highest BCUT2D eigenvalue weighted by molar-refractivity contribution is 7.94. The molecule has 64 heavy (non-hydrogen) atoms. The van der Waals surface area contributed by atoms with Gasteiger partial charge in [0.15, 0.2) is 5.62 Å². The topological polar surface area (TPSA) is 198 Å². The Hall–Kier alpha value is -4.28. The van der Waals surface area contributed by atoms with Crippen LogP contribution in [-0.4, -0.2) is 117 Å². The predicted molar refractivity (Wildman–Crippen MR) is 265 cm³/mol. The van der Waals surface area contributed by atoms with Gasteiger partial charge in [0.25, 0.3) is 0 Å². The fourth-order valence-corrected chi connectivity index (χ4v) is 5.46. The SMILES string of the molecule is CC.CC/C=C(/NC1CC1)C(=O)C(NCC)NC(=O)CCCCN(C)C=O.CCC.CN1CCc2ccccc2C1.CNC(=O)CCCCC(=O)NCC(=O)NC(C)C(C)C.O=CS. The van der Waals surface area contributed by atoms with Crippen LogP contribution in [0, 0.1) is 5.92 Å². The lowest BCUT2D eigenvalue weighted by molar-refractivity contribution is -0.127. The van der Waals surface area contributed by atoms with Gasteiger partial charge in [-0.05, 0) is 88.9 Å². The number of amides is 5. The monoisotopic (exact) mass is 921 g/mol. The van der Waals surface area contributed by atoms with Crippen molar-refractivity contribution in [1.29, 1.82) is 0 Å². The zero-order valence-corrected chi connectivity index (χ0v) is 42.5. The Bertz CT molecular complexity index is 1460. The van der Waals surface area contributed by atoms with Crippen molar-refractivity contribution < 1.29 is 33.6 Å². The van der Waals surface area contributed by atoms with Crippen LogP contribution in [0.5, 0.6) is 0 Å². The maximum absolute atomic E-state index is 12.7. The molecule has 1 saturated carbocycles. The van der Waals surface area contributed by atoms with Gasteiger partial charge in [0, 0.05) is 65.1 Å². The number of likely N-dealkylation sites (N-methyl/N-ethyl adjacent to an activating group) is 2. The third-order valence-corrected chi connectivity index (χ3v) is 9.42. The Morgan fingerprint density at radius 3 is 1.91 bits per heavy atom. The van der Waals surface area contributed by atoms with E-state index < -0.39 is 6.17 Å². The van der Waals surface area contributed by atoms with Crippen LogP contribution in [0.2, 0.25) is 0 Å². The summed E-state index contributed by atoms with van der Waals surface area (Å²) in [6.07, 6.45) is 11.2. The summed E-state index contributed by atoms with van der Waals surface area (Å²) in [6, 6.07) is 9.19. The van der Waals surface area contributed by atoms with E-state index in [0.717, 1.165) is 38.6 Å². The van der Waals surface area contributed by atoms with Crippen LogP contribution in [0.1, 0.15) is 144 Å². The van der Waals surface area contributed by atoms with Gasteiger partial charge in [-0.15, -0.1) is 12.6 Å². The fourth-order valence-electron chi connectivity index (χ4n) is 5.46. The molecule has 0 radical (unpaired) electrons. The number of fused-ring (bicyclic) bond motifs is 1. The highest BCUT2D eigenvalue weighted by Crippen LogP contribution is 2.21. The second-order valence-corrected chi connectivity index (χ2v) is 15.9. The number of ketones is 1. The second kappa shape index (κ2) is 42.7. The maximum atomic E-state index is 12.7. The maximum Gasteiger partial charge on any atom is 0.239 e. The van der Waals surface area contributed by atoms with E-state index in [2.05, 4.69) is 94.6 Å². The predicted octanol–water partition coefficient (Wildman–Crippen LogP) is 5.70. The molecule has 1 aliphatic carbocycles. The summed E-state index contributed by atoms with van der Waals surface area (Å²) in [4.78, 5) is 82.0. The number of rotatable bonds is 23. The van der Waals surface area contributed by atoms with E-state index in [-0.39, 0.29) is 42.0 Å². The van der Waals surface area contributed by atoms with Gasteiger partial charge in [0.05, 0.1) is 12.2 Å². The van der Waals surface area contributed by atoms with Gasteiger partial charge in [0.2, 0.25) is 35.8 Å². The average molecular weight is 921 g/mol. The number of carbonyl (C=O) groups is 7. The summed E-state index contributed by atoms with van der Waals surface area (Å²) in [5, 5.41) is 17.0. The summed E-state index contributed by atoms with van der Waals surface area (Å²) >= 11 is 3.11. The van der Waals surface area contributed by atoms with Crippen molar-refractivity contribution in [2.75, 3.05) is 47.3 Å². The standard InChI is InChI=1S/C18H32N4O3.C14H27N3O3.C10H13N.C3H8.C2H6.CH2OS/c1-4-8-15(20-14-10-11-14)17(25)18(19-5-2)21-16(24)9-6-7-12-22(3)13-23;1-10(2)11(3)17-14(20)9-16-13(19)8-6-5-7-12(18)15-4;1-11-7-6-9-4-2-3-5-10(9)8-11;1-3-2;1-2;2-1-3/h8,13-14,18-20H,4-7,9-12H2,1-3H3,(H,21,24);10-11H,5-9H2,1-4H3,(H,15,18)(H,16,19)(H,17,20);2-5H,6-8H2,1H3;3H2,1-2H3;1-2H3;1H,(H,2,3)/b15-8+;;;;;. The number of hydrogen-bond acceptors (Lipinski definition) is 10. The van der Waals surface area contributed by atoms with E-state index in [0.29, 0.717) is 74.9 Å². The molecular weight excluding hydrogens is 833 g/mol. The smallest absolute Gasteiger partial charge is 0.239 e. The molecule has 5 amide bonds. The highest BCUT2D eigenvalue weighted by Gasteiger charge is 2.28. The summed E-state index contributed by atoms with van der Waals surface area (Å²) in [7, 11) is 5.48. The van der Waals surface area contributed by atoms with E-state index >= 15 is 0 Å². The van der Waals surface area contributed by atoms with Crippen LogP contribution >= 0.6 is 12.6 Å². The molecule has 2 aliphatic rings. The summed E-state index contributed by atoms with van der Waals surface area (Å²) < 4.78 is 0. The molecule has 1 fully saturated rings. The Morgan fingerprint density at radius 2 is 1.39 bits per heavy atom. The van der Waals surface area contributed by atoms with Gasteiger partial charge in [-0.1, -0.05) is 92.2 Å².